The summed E-state index contributed by atoms with van der Waals surface area (Å²) in [6.45, 7) is 3.69. The molecule has 144 valence electrons. The fraction of sp³-hybridized carbons (Fsp3) is 0.273. The van der Waals surface area contributed by atoms with Crippen molar-refractivity contribution in [3.05, 3.63) is 69.8 Å². The first-order valence-corrected chi connectivity index (χ1v) is 10.1. The van der Waals surface area contributed by atoms with Crippen molar-refractivity contribution >= 4 is 46.3 Å². The lowest BCUT2D eigenvalue weighted by atomic mass is 9.98. The summed E-state index contributed by atoms with van der Waals surface area (Å²) in [5.41, 5.74) is 2.07. The van der Waals surface area contributed by atoms with Crippen molar-refractivity contribution in [2.75, 3.05) is 18.0 Å². The van der Waals surface area contributed by atoms with Gasteiger partial charge in [-0.3, -0.25) is 9.59 Å². The quantitative estimate of drug-likeness (QED) is 0.662. The molecule has 2 heterocycles. The minimum absolute atomic E-state index is 0.300. The Morgan fingerprint density at radius 2 is 1.71 bits per heavy atom. The first-order chi connectivity index (χ1) is 13.5. The molecule has 0 aliphatic carbocycles. The number of likely N-dealkylation sites (tertiary alicyclic amines) is 1. The molecule has 28 heavy (non-hydrogen) atoms. The normalized spacial score (nSPS) is 20.3. The summed E-state index contributed by atoms with van der Waals surface area (Å²) < 4.78 is 0. The number of carbonyl (C=O) groups excluding carboxylic acids is 2. The summed E-state index contributed by atoms with van der Waals surface area (Å²) in [4.78, 5) is 30.1. The van der Waals surface area contributed by atoms with E-state index in [1.807, 2.05) is 0 Å². The number of anilines is 1. The first kappa shape index (κ1) is 19.0. The Hall–Kier alpha value is -2.30. The highest BCUT2D eigenvalue weighted by molar-refractivity contribution is 6.45. The number of hydrogen-bond acceptors (Lipinski definition) is 3. The van der Waals surface area contributed by atoms with E-state index in [9.17, 15) is 9.59 Å². The summed E-state index contributed by atoms with van der Waals surface area (Å²) in [6.07, 6.45) is 2.12. The van der Waals surface area contributed by atoms with Crippen LogP contribution in [0.5, 0.6) is 0 Å². The van der Waals surface area contributed by atoms with Crippen molar-refractivity contribution in [2.24, 2.45) is 5.92 Å². The monoisotopic (exact) mass is 414 g/mol. The van der Waals surface area contributed by atoms with Gasteiger partial charge in [-0.15, -0.1) is 0 Å². The Morgan fingerprint density at radius 3 is 2.39 bits per heavy atom. The smallest absolute Gasteiger partial charge is 0.282 e. The van der Waals surface area contributed by atoms with Gasteiger partial charge in [0.15, 0.2) is 0 Å². The highest BCUT2D eigenvalue weighted by Crippen LogP contribution is 2.37. The molecule has 2 aromatic carbocycles. The summed E-state index contributed by atoms with van der Waals surface area (Å²) in [5.74, 6) is -0.162. The second-order valence-electron chi connectivity index (χ2n) is 7.35. The third-order valence-corrected chi connectivity index (χ3v) is 5.72. The van der Waals surface area contributed by atoms with E-state index in [-0.39, 0.29) is 11.8 Å². The molecule has 4 rings (SSSR count). The molecule has 6 heteroatoms. The van der Waals surface area contributed by atoms with Gasteiger partial charge in [-0.05, 0) is 54.7 Å². The maximum absolute atomic E-state index is 13.4. The number of piperidine rings is 1. The largest absolute Gasteiger partial charge is 0.366 e. The molecule has 0 spiro atoms. The SMILES string of the molecule is CC1CCCN(C2=C(c3ccc(Cl)cc3)C(=O)N(c3cccc(Cl)c3)C2=O)C1. The van der Waals surface area contributed by atoms with Crippen molar-refractivity contribution in [2.45, 2.75) is 19.8 Å². The maximum atomic E-state index is 13.4. The number of imide groups is 1. The predicted molar refractivity (Wildman–Crippen MR) is 112 cm³/mol. The van der Waals surface area contributed by atoms with Crippen LogP contribution in [0.15, 0.2) is 54.2 Å². The Labute approximate surface area is 174 Å². The van der Waals surface area contributed by atoms with Crippen LogP contribution in [0, 0.1) is 5.92 Å². The topological polar surface area (TPSA) is 40.6 Å². The zero-order valence-corrected chi connectivity index (χ0v) is 17.0. The summed E-state index contributed by atoms with van der Waals surface area (Å²) >= 11 is 12.1. The zero-order chi connectivity index (χ0) is 19.8. The van der Waals surface area contributed by atoms with Crippen LogP contribution >= 0.6 is 23.2 Å². The molecule has 0 bridgehead atoms. The minimum Gasteiger partial charge on any atom is -0.366 e. The van der Waals surface area contributed by atoms with Crippen LogP contribution in [-0.4, -0.2) is 29.8 Å². The van der Waals surface area contributed by atoms with E-state index < -0.39 is 0 Å². The third-order valence-electron chi connectivity index (χ3n) is 5.23. The van der Waals surface area contributed by atoms with E-state index in [0.29, 0.717) is 38.5 Å². The molecule has 1 atom stereocenters. The van der Waals surface area contributed by atoms with E-state index in [2.05, 4.69) is 11.8 Å². The van der Waals surface area contributed by atoms with Crippen LogP contribution in [0.4, 0.5) is 5.69 Å². The molecular weight excluding hydrogens is 395 g/mol. The fourth-order valence-electron chi connectivity index (χ4n) is 3.93. The lowest BCUT2D eigenvalue weighted by Crippen LogP contribution is -2.39. The summed E-state index contributed by atoms with van der Waals surface area (Å²) in [6, 6.07) is 13.9. The van der Waals surface area contributed by atoms with Crippen molar-refractivity contribution < 1.29 is 9.59 Å². The molecule has 2 amide bonds. The fourth-order valence-corrected chi connectivity index (χ4v) is 4.24. The lowest BCUT2D eigenvalue weighted by molar-refractivity contribution is -0.120. The average Bonchev–Trinajstić information content (AvgIpc) is 2.93. The van der Waals surface area contributed by atoms with Gasteiger partial charge in [0.25, 0.3) is 11.8 Å². The van der Waals surface area contributed by atoms with Crippen molar-refractivity contribution in [1.82, 2.24) is 4.90 Å². The first-order valence-electron chi connectivity index (χ1n) is 9.35. The second-order valence-corrected chi connectivity index (χ2v) is 8.22. The molecule has 1 fully saturated rings. The average molecular weight is 415 g/mol. The number of halogens is 2. The van der Waals surface area contributed by atoms with Gasteiger partial charge >= 0.3 is 0 Å². The molecule has 2 aliphatic rings. The van der Waals surface area contributed by atoms with Gasteiger partial charge in [-0.1, -0.05) is 48.3 Å². The number of nitrogens with zero attached hydrogens (tertiary/aromatic N) is 2. The molecule has 1 saturated heterocycles. The van der Waals surface area contributed by atoms with Gasteiger partial charge in [0.1, 0.15) is 5.70 Å². The number of carbonyl (C=O) groups is 2. The molecule has 2 aliphatic heterocycles. The zero-order valence-electron chi connectivity index (χ0n) is 15.5. The number of amides is 2. The molecule has 0 N–H and O–H groups in total. The van der Waals surface area contributed by atoms with E-state index >= 15 is 0 Å². The predicted octanol–water partition coefficient (Wildman–Crippen LogP) is 5.01. The van der Waals surface area contributed by atoms with Crippen LogP contribution in [0.1, 0.15) is 25.3 Å². The molecule has 2 aromatic rings. The summed E-state index contributed by atoms with van der Waals surface area (Å²) in [5, 5.41) is 1.06. The van der Waals surface area contributed by atoms with E-state index in [4.69, 9.17) is 23.2 Å². The number of rotatable bonds is 3. The van der Waals surface area contributed by atoms with E-state index in [0.717, 1.165) is 25.9 Å². The van der Waals surface area contributed by atoms with E-state index in [1.165, 1.54) is 4.90 Å². The highest BCUT2D eigenvalue weighted by Gasteiger charge is 2.43. The molecule has 4 nitrogen and oxygen atoms in total. The Kier molecular flexibility index (Phi) is 5.17. The molecular formula is C22H20Cl2N2O2. The highest BCUT2D eigenvalue weighted by atomic mass is 35.5. The van der Waals surface area contributed by atoms with Crippen LogP contribution in [0.3, 0.4) is 0 Å². The molecule has 0 aromatic heterocycles. The van der Waals surface area contributed by atoms with Gasteiger partial charge < -0.3 is 4.90 Å². The van der Waals surface area contributed by atoms with Gasteiger partial charge in [-0.25, -0.2) is 4.90 Å². The van der Waals surface area contributed by atoms with Crippen LogP contribution in [0.2, 0.25) is 10.0 Å². The van der Waals surface area contributed by atoms with Gasteiger partial charge in [0, 0.05) is 23.1 Å². The van der Waals surface area contributed by atoms with Crippen LogP contribution < -0.4 is 4.90 Å². The van der Waals surface area contributed by atoms with E-state index in [1.54, 1.807) is 48.5 Å². The van der Waals surface area contributed by atoms with Gasteiger partial charge in [0.05, 0.1) is 11.3 Å². The maximum Gasteiger partial charge on any atom is 0.282 e. The van der Waals surface area contributed by atoms with Gasteiger partial charge in [-0.2, -0.15) is 0 Å². The second kappa shape index (κ2) is 7.61. The molecule has 0 radical (unpaired) electrons. The Balaban J connectivity index is 1.83. The Bertz CT molecular complexity index is 969. The lowest BCUT2D eigenvalue weighted by Gasteiger charge is -2.33. The Morgan fingerprint density at radius 1 is 0.964 bits per heavy atom. The van der Waals surface area contributed by atoms with Gasteiger partial charge in [0.2, 0.25) is 0 Å². The number of hydrogen-bond donors (Lipinski definition) is 0. The number of benzene rings is 2. The summed E-state index contributed by atoms with van der Waals surface area (Å²) in [7, 11) is 0. The third kappa shape index (κ3) is 3.43. The standard InChI is InChI=1S/C22H20Cl2N2O2/c1-14-4-3-11-25(13-14)20-19(15-7-9-16(23)10-8-15)21(27)26(22(20)28)18-6-2-5-17(24)12-18/h2,5-10,12,14H,3-4,11,13H2,1H3. The van der Waals surface area contributed by atoms with Crippen molar-refractivity contribution in [3.8, 4) is 0 Å². The molecule has 0 saturated carbocycles. The van der Waals surface area contributed by atoms with Crippen molar-refractivity contribution in [3.63, 3.8) is 0 Å². The minimum atomic E-state index is -0.331. The van der Waals surface area contributed by atoms with Crippen LogP contribution in [-0.2, 0) is 9.59 Å². The van der Waals surface area contributed by atoms with Crippen molar-refractivity contribution in [1.29, 1.82) is 0 Å². The molecule has 1 unspecified atom stereocenters. The van der Waals surface area contributed by atoms with Crippen LogP contribution in [0.25, 0.3) is 5.57 Å².